The molecule has 2 aromatic rings. The average Bonchev–Trinajstić information content (AvgIpc) is 3.09. The molecule has 1 atom stereocenters. The third-order valence-corrected chi connectivity index (χ3v) is 6.94. The van der Waals surface area contributed by atoms with Crippen molar-refractivity contribution in [3.8, 4) is 11.3 Å². The fraction of sp³-hybridized carbons (Fsp3) is 0.500. The summed E-state index contributed by atoms with van der Waals surface area (Å²) in [4.78, 5) is 7.82. The average molecular weight is 345 g/mol. The first-order chi connectivity index (χ1) is 11.6. The largest absolute Gasteiger partial charge is 0.341 e. The van der Waals surface area contributed by atoms with Gasteiger partial charge in [-0.1, -0.05) is 43.2 Å². The zero-order valence-electron chi connectivity index (χ0n) is 13.7. The van der Waals surface area contributed by atoms with Crippen LogP contribution in [-0.2, 0) is 10.0 Å². The van der Waals surface area contributed by atoms with Gasteiger partial charge in [-0.2, -0.15) is 4.31 Å². The molecule has 1 aliphatic carbocycles. The first-order valence-electron chi connectivity index (χ1n) is 8.73. The van der Waals surface area contributed by atoms with E-state index in [1.165, 1.54) is 12.8 Å². The van der Waals surface area contributed by atoms with E-state index in [1.54, 1.807) is 10.5 Å². The van der Waals surface area contributed by atoms with Gasteiger partial charge in [0.05, 0.1) is 23.7 Å². The fourth-order valence-electron chi connectivity index (χ4n) is 3.46. The highest BCUT2D eigenvalue weighted by molar-refractivity contribution is 7.89. The second-order valence-electron chi connectivity index (χ2n) is 6.86. The molecule has 4 rings (SSSR count). The zero-order valence-corrected chi connectivity index (χ0v) is 14.5. The standard InChI is InChI=1S/C18H23N3O2S/c22-24(23,12-10-14-8-9-14)21-11-4-7-17(21)18-19-13-16(20-18)15-5-2-1-3-6-15/h1-3,5-6,13-14,17H,4,7-12H2,(H,19,20)/t17-/m0/s1. The van der Waals surface area contributed by atoms with E-state index in [9.17, 15) is 8.42 Å². The van der Waals surface area contributed by atoms with Crippen LogP contribution in [0.25, 0.3) is 11.3 Å². The molecule has 1 aliphatic heterocycles. The number of benzene rings is 1. The van der Waals surface area contributed by atoms with Crippen LogP contribution in [0.2, 0.25) is 0 Å². The molecule has 1 N–H and O–H groups in total. The molecule has 1 saturated heterocycles. The molecule has 0 bridgehead atoms. The van der Waals surface area contributed by atoms with Crippen LogP contribution in [0.15, 0.2) is 36.5 Å². The first kappa shape index (κ1) is 15.8. The molecule has 5 nitrogen and oxygen atoms in total. The molecule has 1 aromatic carbocycles. The van der Waals surface area contributed by atoms with Crippen molar-refractivity contribution in [1.29, 1.82) is 0 Å². The molecule has 1 aromatic heterocycles. The Balaban J connectivity index is 1.53. The Morgan fingerprint density at radius 3 is 2.71 bits per heavy atom. The van der Waals surface area contributed by atoms with Crippen LogP contribution in [-0.4, -0.2) is 35.0 Å². The Hall–Kier alpha value is -1.66. The Bertz CT molecular complexity index is 797. The van der Waals surface area contributed by atoms with Crippen LogP contribution in [0.3, 0.4) is 0 Å². The molecule has 2 heterocycles. The summed E-state index contributed by atoms with van der Waals surface area (Å²) in [5.41, 5.74) is 2.00. The number of hydrogen-bond acceptors (Lipinski definition) is 3. The summed E-state index contributed by atoms with van der Waals surface area (Å²) in [5.74, 6) is 1.68. The quantitative estimate of drug-likeness (QED) is 0.873. The van der Waals surface area contributed by atoms with Crippen LogP contribution >= 0.6 is 0 Å². The van der Waals surface area contributed by atoms with Crippen LogP contribution in [0.5, 0.6) is 0 Å². The van der Waals surface area contributed by atoms with Gasteiger partial charge in [0, 0.05) is 6.54 Å². The van der Waals surface area contributed by atoms with Crippen molar-refractivity contribution in [3.63, 3.8) is 0 Å². The van der Waals surface area contributed by atoms with Crippen LogP contribution in [0.4, 0.5) is 0 Å². The molecule has 2 fully saturated rings. The maximum Gasteiger partial charge on any atom is 0.214 e. The van der Waals surface area contributed by atoms with E-state index < -0.39 is 10.0 Å². The third-order valence-electron chi connectivity index (χ3n) is 5.04. The number of aromatic nitrogens is 2. The van der Waals surface area contributed by atoms with Gasteiger partial charge in [0.2, 0.25) is 10.0 Å². The van der Waals surface area contributed by atoms with E-state index in [2.05, 4.69) is 9.97 Å². The number of hydrogen-bond donors (Lipinski definition) is 1. The molecule has 24 heavy (non-hydrogen) atoms. The van der Waals surface area contributed by atoms with Gasteiger partial charge in [-0.25, -0.2) is 13.4 Å². The highest BCUT2D eigenvalue weighted by Crippen LogP contribution is 2.36. The maximum atomic E-state index is 12.7. The summed E-state index contributed by atoms with van der Waals surface area (Å²) < 4.78 is 27.1. The summed E-state index contributed by atoms with van der Waals surface area (Å²) in [6.45, 7) is 0.610. The van der Waals surface area contributed by atoms with E-state index in [1.807, 2.05) is 30.3 Å². The Labute approximate surface area is 143 Å². The summed E-state index contributed by atoms with van der Waals surface area (Å²) >= 11 is 0. The number of rotatable bonds is 6. The Morgan fingerprint density at radius 2 is 1.96 bits per heavy atom. The van der Waals surface area contributed by atoms with E-state index in [0.717, 1.165) is 36.3 Å². The van der Waals surface area contributed by atoms with Crippen molar-refractivity contribution in [1.82, 2.24) is 14.3 Å². The molecule has 0 radical (unpaired) electrons. The minimum absolute atomic E-state index is 0.147. The molecule has 0 amide bonds. The van der Waals surface area contributed by atoms with Gasteiger partial charge >= 0.3 is 0 Å². The normalized spacial score (nSPS) is 22.1. The molecule has 128 valence electrons. The van der Waals surface area contributed by atoms with E-state index in [4.69, 9.17) is 0 Å². The van der Waals surface area contributed by atoms with Crippen molar-refractivity contribution in [2.45, 2.75) is 38.1 Å². The predicted octanol–water partition coefficient (Wildman–Crippen LogP) is 3.34. The number of nitrogens with zero attached hydrogens (tertiary/aromatic N) is 2. The van der Waals surface area contributed by atoms with Gasteiger partial charge in [0.1, 0.15) is 5.82 Å². The number of nitrogens with one attached hydrogen (secondary N) is 1. The summed E-state index contributed by atoms with van der Waals surface area (Å²) in [7, 11) is -3.19. The maximum absolute atomic E-state index is 12.7. The van der Waals surface area contributed by atoms with Crippen molar-refractivity contribution in [2.24, 2.45) is 5.92 Å². The van der Waals surface area contributed by atoms with E-state index in [-0.39, 0.29) is 11.8 Å². The van der Waals surface area contributed by atoms with Crippen molar-refractivity contribution in [3.05, 3.63) is 42.4 Å². The summed E-state index contributed by atoms with van der Waals surface area (Å²) in [5, 5.41) is 0. The Morgan fingerprint density at radius 1 is 1.17 bits per heavy atom. The minimum Gasteiger partial charge on any atom is -0.341 e. The van der Waals surface area contributed by atoms with Crippen LogP contribution in [0, 0.1) is 5.92 Å². The Kier molecular flexibility index (Phi) is 4.18. The molecular weight excluding hydrogens is 322 g/mol. The molecule has 2 aliphatic rings. The van der Waals surface area contributed by atoms with Gasteiger partial charge < -0.3 is 4.98 Å². The smallest absolute Gasteiger partial charge is 0.214 e. The molecule has 1 saturated carbocycles. The summed E-state index contributed by atoms with van der Waals surface area (Å²) in [6.07, 6.45) is 6.73. The lowest BCUT2D eigenvalue weighted by Gasteiger charge is -2.22. The minimum atomic E-state index is -3.19. The van der Waals surface area contributed by atoms with E-state index in [0.29, 0.717) is 12.5 Å². The van der Waals surface area contributed by atoms with Crippen LogP contribution in [0.1, 0.15) is 44.0 Å². The fourth-order valence-corrected chi connectivity index (χ4v) is 5.32. The van der Waals surface area contributed by atoms with Gasteiger partial charge in [-0.3, -0.25) is 0 Å². The van der Waals surface area contributed by atoms with Gasteiger partial charge in [-0.05, 0) is 30.7 Å². The lowest BCUT2D eigenvalue weighted by atomic mass is 10.2. The highest BCUT2D eigenvalue weighted by atomic mass is 32.2. The number of sulfonamides is 1. The second-order valence-corrected chi connectivity index (χ2v) is 8.91. The molecular formula is C18H23N3O2S. The highest BCUT2D eigenvalue weighted by Gasteiger charge is 2.37. The predicted molar refractivity (Wildman–Crippen MR) is 93.8 cm³/mol. The molecule has 0 spiro atoms. The van der Waals surface area contributed by atoms with E-state index >= 15 is 0 Å². The molecule has 0 unspecified atom stereocenters. The van der Waals surface area contributed by atoms with Gasteiger partial charge in [0.25, 0.3) is 0 Å². The number of imidazole rings is 1. The number of H-pyrrole nitrogens is 1. The second kappa shape index (κ2) is 6.33. The zero-order chi connectivity index (χ0) is 16.6. The first-order valence-corrected chi connectivity index (χ1v) is 10.3. The topological polar surface area (TPSA) is 66.1 Å². The lowest BCUT2D eigenvalue weighted by Crippen LogP contribution is -2.33. The SMILES string of the molecule is O=S(=O)(CCC1CC1)N1CCC[C@H]1c1ncc(-c2ccccc2)[nH]1. The lowest BCUT2D eigenvalue weighted by molar-refractivity contribution is 0.384. The monoisotopic (exact) mass is 345 g/mol. The van der Waals surface area contributed by atoms with Crippen molar-refractivity contribution < 1.29 is 8.42 Å². The third kappa shape index (κ3) is 3.26. The van der Waals surface area contributed by atoms with Gasteiger partial charge in [-0.15, -0.1) is 0 Å². The molecule has 6 heteroatoms. The number of aromatic amines is 1. The van der Waals surface area contributed by atoms with Crippen LogP contribution < -0.4 is 0 Å². The van der Waals surface area contributed by atoms with Crippen molar-refractivity contribution >= 4 is 10.0 Å². The van der Waals surface area contributed by atoms with Gasteiger partial charge in [0.15, 0.2) is 0 Å². The van der Waals surface area contributed by atoms with Crippen molar-refractivity contribution in [2.75, 3.05) is 12.3 Å². The summed E-state index contributed by atoms with van der Waals surface area (Å²) in [6, 6.07) is 9.85.